The van der Waals surface area contributed by atoms with Gasteiger partial charge in [-0.05, 0) is 63.6 Å². The number of carbonyl (C=O) groups is 2. The van der Waals surface area contributed by atoms with Crippen LogP contribution in [-0.4, -0.2) is 35.6 Å². The molecule has 1 heterocycles. The van der Waals surface area contributed by atoms with Gasteiger partial charge in [0.25, 0.3) is 5.91 Å². The molecule has 1 aromatic carbocycles. The summed E-state index contributed by atoms with van der Waals surface area (Å²) in [5.74, 6) is -0.654. The van der Waals surface area contributed by atoms with Crippen LogP contribution in [0.1, 0.15) is 77.2 Å². The highest BCUT2D eigenvalue weighted by molar-refractivity contribution is 5.98. The van der Waals surface area contributed by atoms with Crippen molar-refractivity contribution in [1.29, 1.82) is 0 Å². The van der Waals surface area contributed by atoms with Crippen molar-refractivity contribution in [3.05, 3.63) is 35.4 Å². The van der Waals surface area contributed by atoms with E-state index in [-0.39, 0.29) is 22.4 Å². The second-order valence-electron chi connectivity index (χ2n) is 10.1. The minimum Gasteiger partial charge on any atom is -0.467 e. The molecule has 150 valence electrons. The number of amides is 1. The number of carbonyl (C=O) groups excluding carboxylic acids is 2. The van der Waals surface area contributed by atoms with Crippen LogP contribution in [-0.2, 0) is 14.9 Å². The van der Waals surface area contributed by atoms with Crippen LogP contribution in [0.25, 0.3) is 0 Å². The standard InChI is InChI=1S/C22H34N2O3/c1-19(2,3)16-11-9-15(10-12-16)17(25)23-22(18(26)27-8)13-20(4,5)24-21(6,7)14-22/h9-12,24H,13-14H2,1-8H3,(H,23,25). The first kappa shape index (κ1) is 21.4. The fourth-order valence-electron chi connectivity index (χ4n) is 4.47. The van der Waals surface area contributed by atoms with Crippen molar-refractivity contribution < 1.29 is 14.3 Å². The van der Waals surface area contributed by atoms with E-state index in [1.807, 2.05) is 52.0 Å². The van der Waals surface area contributed by atoms with Gasteiger partial charge in [-0.25, -0.2) is 4.79 Å². The molecular weight excluding hydrogens is 340 g/mol. The third kappa shape index (κ3) is 4.89. The van der Waals surface area contributed by atoms with Gasteiger partial charge >= 0.3 is 5.97 Å². The zero-order valence-corrected chi connectivity index (χ0v) is 17.9. The van der Waals surface area contributed by atoms with Gasteiger partial charge in [-0.1, -0.05) is 32.9 Å². The number of hydrogen-bond acceptors (Lipinski definition) is 4. The number of methoxy groups -OCH3 is 1. The van der Waals surface area contributed by atoms with Crippen LogP contribution >= 0.6 is 0 Å². The average molecular weight is 375 g/mol. The lowest BCUT2D eigenvalue weighted by Gasteiger charge is -2.51. The van der Waals surface area contributed by atoms with E-state index in [9.17, 15) is 9.59 Å². The number of benzene rings is 1. The Balaban J connectivity index is 2.34. The Bertz CT molecular complexity index is 696. The van der Waals surface area contributed by atoms with Crippen molar-refractivity contribution in [2.24, 2.45) is 0 Å². The van der Waals surface area contributed by atoms with Gasteiger partial charge in [-0.3, -0.25) is 4.79 Å². The molecular formula is C22H34N2O3. The van der Waals surface area contributed by atoms with E-state index in [1.54, 1.807) is 0 Å². The van der Waals surface area contributed by atoms with Gasteiger partial charge in [0, 0.05) is 16.6 Å². The summed E-state index contributed by atoms with van der Waals surface area (Å²) in [6.45, 7) is 14.5. The van der Waals surface area contributed by atoms with E-state index >= 15 is 0 Å². The van der Waals surface area contributed by atoms with Gasteiger partial charge in [0.15, 0.2) is 0 Å². The van der Waals surface area contributed by atoms with Crippen LogP contribution in [0.5, 0.6) is 0 Å². The highest BCUT2D eigenvalue weighted by atomic mass is 16.5. The summed E-state index contributed by atoms with van der Waals surface area (Å²) >= 11 is 0. The SMILES string of the molecule is COC(=O)C1(NC(=O)c2ccc(C(C)(C)C)cc2)CC(C)(C)NC(C)(C)C1. The molecule has 0 bridgehead atoms. The molecule has 1 saturated heterocycles. The maximum Gasteiger partial charge on any atom is 0.331 e. The van der Waals surface area contributed by atoms with Crippen LogP contribution in [0.3, 0.4) is 0 Å². The van der Waals surface area contributed by atoms with Crippen molar-refractivity contribution in [2.45, 2.75) is 83.3 Å². The van der Waals surface area contributed by atoms with Crippen molar-refractivity contribution in [3.8, 4) is 0 Å². The zero-order chi connectivity index (χ0) is 20.7. The molecule has 0 aromatic heterocycles. The summed E-state index contributed by atoms with van der Waals surface area (Å²) in [7, 11) is 1.37. The van der Waals surface area contributed by atoms with Gasteiger partial charge in [-0.2, -0.15) is 0 Å². The molecule has 1 fully saturated rings. The molecule has 1 aromatic rings. The number of nitrogens with one attached hydrogen (secondary N) is 2. The molecule has 1 aliphatic rings. The second kappa shape index (κ2) is 6.93. The summed E-state index contributed by atoms with van der Waals surface area (Å²) < 4.78 is 5.10. The third-order valence-electron chi connectivity index (χ3n) is 5.11. The number of ether oxygens (including phenoxy) is 1. The fraction of sp³-hybridized carbons (Fsp3) is 0.636. The van der Waals surface area contributed by atoms with Gasteiger partial charge in [-0.15, -0.1) is 0 Å². The first-order valence-electron chi connectivity index (χ1n) is 9.51. The molecule has 0 radical (unpaired) electrons. The summed E-state index contributed by atoms with van der Waals surface area (Å²) in [6.07, 6.45) is 0.920. The fourth-order valence-corrected chi connectivity index (χ4v) is 4.47. The lowest BCUT2D eigenvalue weighted by atomic mass is 9.70. The molecule has 0 atom stereocenters. The summed E-state index contributed by atoms with van der Waals surface area (Å²) in [6, 6.07) is 7.57. The summed E-state index contributed by atoms with van der Waals surface area (Å²) in [4.78, 5) is 25.7. The molecule has 27 heavy (non-hydrogen) atoms. The molecule has 2 rings (SSSR count). The number of rotatable bonds is 3. The molecule has 1 amide bonds. The second-order valence-corrected chi connectivity index (χ2v) is 10.1. The smallest absolute Gasteiger partial charge is 0.331 e. The van der Waals surface area contributed by atoms with Crippen LogP contribution in [0.15, 0.2) is 24.3 Å². The largest absolute Gasteiger partial charge is 0.467 e. The van der Waals surface area contributed by atoms with Crippen LogP contribution in [0.4, 0.5) is 0 Å². The van der Waals surface area contributed by atoms with Crippen molar-refractivity contribution in [1.82, 2.24) is 10.6 Å². The van der Waals surface area contributed by atoms with E-state index in [2.05, 4.69) is 31.4 Å². The Morgan fingerprint density at radius 2 is 1.48 bits per heavy atom. The Hall–Kier alpha value is -1.88. The van der Waals surface area contributed by atoms with Crippen molar-refractivity contribution in [3.63, 3.8) is 0 Å². The summed E-state index contributed by atoms with van der Waals surface area (Å²) in [5, 5.41) is 6.56. The molecule has 5 heteroatoms. The van der Waals surface area contributed by atoms with Crippen LogP contribution in [0.2, 0.25) is 0 Å². The van der Waals surface area contributed by atoms with Gasteiger partial charge < -0.3 is 15.4 Å². The molecule has 0 unspecified atom stereocenters. The maximum atomic E-state index is 13.0. The molecule has 1 aliphatic heterocycles. The lowest BCUT2D eigenvalue weighted by Crippen LogP contribution is -2.70. The van der Waals surface area contributed by atoms with E-state index in [4.69, 9.17) is 4.74 Å². The molecule has 0 aliphatic carbocycles. The number of esters is 1. The van der Waals surface area contributed by atoms with E-state index < -0.39 is 11.5 Å². The Morgan fingerprint density at radius 1 is 1.00 bits per heavy atom. The molecule has 2 N–H and O–H groups in total. The minimum atomic E-state index is -1.06. The van der Waals surface area contributed by atoms with E-state index in [1.165, 1.54) is 7.11 Å². The first-order chi connectivity index (χ1) is 12.2. The normalized spacial score (nSPS) is 20.6. The molecule has 5 nitrogen and oxygen atoms in total. The van der Waals surface area contributed by atoms with Crippen LogP contribution in [0, 0.1) is 0 Å². The third-order valence-corrected chi connectivity index (χ3v) is 5.11. The van der Waals surface area contributed by atoms with Gasteiger partial charge in [0.2, 0.25) is 0 Å². The summed E-state index contributed by atoms with van der Waals surface area (Å²) in [5.41, 5.74) is 0.0165. The zero-order valence-electron chi connectivity index (χ0n) is 17.9. The highest BCUT2D eigenvalue weighted by Gasteiger charge is 2.53. The number of hydrogen-bond donors (Lipinski definition) is 2. The maximum absolute atomic E-state index is 13.0. The van der Waals surface area contributed by atoms with Crippen LogP contribution < -0.4 is 10.6 Å². The monoisotopic (exact) mass is 374 g/mol. The van der Waals surface area contributed by atoms with Gasteiger partial charge in [0.1, 0.15) is 5.54 Å². The predicted molar refractivity (Wildman–Crippen MR) is 108 cm³/mol. The van der Waals surface area contributed by atoms with E-state index in [0.717, 1.165) is 5.56 Å². The Labute approximate surface area is 163 Å². The minimum absolute atomic E-state index is 0.0192. The quantitative estimate of drug-likeness (QED) is 0.794. The Kier molecular flexibility index (Phi) is 5.50. The van der Waals surface area contributed by atoms with Crippen molar-refractivity contribution >= 4 is 11.9 Å². The molecule has 0 spiro atoms. The van der Waals surface area contributed by atoms with E-state index in [0.29, 0.717) is 18.4 Å². The van der Waals surface area contributed by atoms with Crippen molar-refractivity contribution in [2.75, 3.05) is 7.11 Å². The average Bonchev–Trinajstić information content (AvgIpc) is 2.50. The predicted octanol–water partition coefficient (Wildman–Crippen LogP) is 3.57. The first-order valence-corrected chi connectivity index (χ1v) is 9.51. The lowest BCUT2D eigenvalue weighted by molar-refractivity contribution is -0.152. The highest BCUT2D eigenvalue weighted by Crippen LogP contribution is 2.37. The Morgan fingerprint density at radius 3 is 1.89 bits per heavy atom. The number of piperidine rings is 1. The van der Waals surface area contributed by atoms with Gasteiger partial charge in [0.05, 0.1) is 7.11 Å². The molecule has 0 saturated carbocycles. The topological polar surface area (TPSA) is 67.4 Å².